The third kappa shape index (κ3) is 5.38. The van der Waals surface area contributed by atoms with E-state index in [9.17, 15) is 0 Å². The number of likely N-dealkylation sites (tertiary alicyclic amines) is 1. The Bertz CT molecular complexity index is 602. The molecule has 0 aliphatic carbocycles. The van der Waals surface area contributed by atoms with Gasteiger partial charge in [0, 0.05) is 38.4 Å². The molecule has 0 spiro atoms. The van der Waals surface area contributed by atoms with Crippen LogP contribution in [0.1, 0.15) is 57.6 Å². The van der Waals surface area contributed by atoms with Crippen LogP contribution in [-0.4, -0.2) is 56.7 Å². The number of anilines is 1. The number of hydrogen-bond acceptors (Lipinski definition) is 3. The maximum Gasteiger partial charge on any atom is 0.191 e. The maximum absolute atomic E-state index is 4.45. The van der Waals surface area contributed by atoms with Gasteiger partial charge >= 0.3 is 0 Å². The molecule has 2 aliphatic heterocycles. The first kappa shape index (κ1) is 20.0. The van der Waals surface area contributed by atoms with Crippen LogP contribution in [0, 0.1) is 0 Å². The van der Waals surface area contributed by atoms with Crippen LogP contribution in [-0.2, 0) is 0 Å². The van der Waals surface area contributed by atoms with E-state index in [0.29, 0.717) is 6.04 Å². The number of aliphatic imine (C=N–C) groups is 1. The molecular weight excluding hydrogens is 334 g/mol. The van der Waals surface area contributed by atoms with Crippen LogP contribution in [0.3, 0.4) is 0 Å². The molecule has 5 heteroatoms. The first-order valence-electron chi connectivity index (χ1n) is 10.8. The molecule has 150 valence electrons. The molecule has 3 rings (SSSR count). The predicted molar refractivity (Wildman–Crippen MR) is 116 cm³/mol. The molecule has 2 heterocycles. The molecule has 2 aliphatic rings. The molecule has 2 unspecified atom stereocenters. The third-order valence-corrected chi connectivity index (χ3v) is 6.05. The van der Waals surface area contributed by atoms with Crippen LogP contribution < -0.4 is 15.5 Å². The summed E-state index contributed by atoms with van der Waals surface area (Å²) in [5, 5.41) is 7.13. The molecule has 0 radical (unpaired) electrons. The van der Waals surface area contributed by atoms with E-state index in [4.69, 9.17) is 0 Å². The predicted octanol–water partition coefficient (Wildman–Crippen LogP) is 3.39. The molecular formula is C22H37N5. The first-order valence-corrected chi connectivity index (χ1v) is 10.8. The normalized spacial score (nSPS) is 20.7. The van der Waals surface area contributed by atoms with Crippen molar-refractivity contribution >= 4 is 11.6 Å². The molecule has 1 aromatic carbocycles. The van der Waals surface area contributed by atoms with E-state index >= 15 is 0 Å². The summed E-state index contributed by atoms with van der Waals surface area (Å²) in [7, 11) is 1.86. The fraction of sp³-hybridized carbons (Fsp3) is 0.682. The van der Waals surface area contributed by atoms with E-state index in [1.807, 2.05) is 7.05 Å². The van der Waals surface area contributed by atoms with Crippen molar-refractivity contribution in [2.75, 3.05) is 44.7 Å². The van der Waals surface area contributed by atoms with Crippen molar-refractivity contribution in [2.45, 2.75) is 58.0 Å². The Hall–Kier alpha value is -1.75. The maximum atomic E-state index is 4.45. The van der Waals surface area contributed by atoms with Crippen LogP contribution in [0.25, 0.3) is 0 Å². The number of benzene rings is 1. The second-order valence-electron chi connectivity index (χ2n) is 7.91. The molecule has 0 bridgehead atoms. The molecule has 0 saturated carbocycles. The smallest absolute Gasteiger partial charge is 0.191 e. The summed E-state index contributed by atoms with van der Waals surface area (Å²) in [5.74, 6) is 0.895. The molecule has 5 nitrogen and oxygen atoms in total. The standard InChI is InChI=1S/C22H37N5/c1-4-20(26-12-5-6-13-26)17-24-22(23-3)25-18(2)19-10-9-11-21(16-19)27-14-7-8-15-27/h9-11,16,18,20H,4-8,12-15,17H2,1-3H3,(H2,23,24,25). The van der Waals surface area contributed by atoms with Gasteiger partial charge in [-0.3, -0.25) is 9.89 Å². The molecule has 0 aromatic heterocycles. The van der Waals surface area contributed by atoms with E-state index in [0.717, 1.165) is 12.5 Å². The minimum atomic E-state index is 0.227. The van der Waals surface area contributed by atoms with Crippen molar-refractivity contribution in [3.8, 4) is 0 Å². The lowest BCUT2D eigenvalue weighted by Crippen LogP contribution is -2.46. The van der Waals surface area contributed by atoms with Gasteiger partial charge < -0.3 is 15.5 Å². The molecule has 0 amide bonds. The Kier molecular flexibility index (Phi) is 7.39. The van der Waals surface area contributed by atoms with Crippen molar-refractivity contribution in [3.63, 3.8) is 0 Å². The van der Waals surface area contributed by atoms with E-state index < -0.39 is 0 Å². The van der Waals surface area contributed by atoms with Gasteiger partial charge in [0.05, 0.1) is 6.04 Å². The highest BCUT2D eigenvalue weighted by atomic mass is 15.2. The summed E-state index contributed by atoms with van der Waals surface area (Å²) in [5.41, 5.74) is 2.66. The van der Waals surface area contributed by atoms with Gasteiger partial charge in [0.2, 0.25) is 0 Å². The lowest BCUT2D eigenvalue weighted by molar-refractivity contribution is 0.236. The lowest BCUT2D eigenvalue weighted by Gasteiger charge is -2.28. The third-order valence-electron chi connectivity index (χ3n) is 6.05. The number of nitrogens with zero attached hydrogens (tertiary/aromatic N) is 3. The summed E-state index contributed by atoms with van der Waals surface area (Å²) >= 11 is 0. The van der Waals surface area contributed by atoms with Gasteiger partial charge in [-0.25, -0.2) is 0 Å². The monoisotopic (exact) mass is 371 g/mol. The number of rotatable bonds is 7. The quantitative estimate of drug-likeness (QED) is 0.570. The Labute approximate surface area is 165 Å². The Morgan fingerprint density at radius 1 is 1.11 bits per heavy atom. The number of hydrogen-bond donors (Lipinski definition) is 2. The summed E-state index contributed by atoms with van der Waals surface area (Å²) in [6.45, 7) is 10.3. The van der Waals surface area contributed by atoms with Crippen molar-refractivity contribution < 1.29 is 0 Å². The van der Waals surface area contributed by atoms with E-state index in [1.165, 1.54) is 69.5 Å². The van der Waals surface area contributed by atoms with Gasteiger partial charge in [-0.05, 0) is 69.8 Å². The van der Waals surface area contributed by atoms with Crippen LogP contribution in [0.2, 0.25) is 0 Å². The fourth-order valence-corrected chi connectivity index (χ4v) is 4.30. The van der Waals surface area contributed by atoms with Crippen molar-refractivity contribution in [3.05, 3.63) is 29.8 Å². The van der Waals surface area contributed by atoms with Gasteiger partial charge in [-0.15, -0.1) is 0 Å². The Morgan fingerprint density at radius 3 is 2.48 bits per heavy atom. The SMILES string of the molecule is CCC(CNC(=NC)NC(C)c1cccc(N2CCCC2)c1)N1CCCC1. The van der Waals surface area contributed by atoms with Crippen molar-refractivity contribution in [2.24, 2.45) is 4.99 Å². The molecule has 2 N–H and O–H groups in total. The second kappa shape index (κ2) is 9.98. The van der Waals surface area contributed by atoms with E-state index in [2.05, 4.69) is 63.5 Å². The summed E-state index contributed by atoms with van der Waals surface area (Å²) < 4.78 is 0. The highest BCUT2D eigenvalue weighted by molar-refractivity contribution is 5.80. The van der Waals surface area contributed by atoms with Crippen molar-refractivity contribution in [1.29, 1.82) is 0 Å². The minimum absolute atomic E-state index is 0.227. The zero-order valence-electron chi connectivity index (χ0n) is 17.4. The van der Waals surface area contributed by atoms with Gasteiger partial charge in [0.1, 0.15) is 0 Å². The van der Waals surface area contributed by atoms with E-state index in [-0.39, 0.29) is 6.04 Å². The van der Waals surface area contributed by atoms with Crippen LogP contribution in [0.5, 0.6) is 0 Å². The topological polar surface area (TPSA) is 42.9 Å². The fourth-order valence-electron chi connectivity index (χ4n) is 4.30. The van der Waals surface area contributed by atoms with Crippen molar-refractivity contribution in [1.82, 2.24) is 15.5 Å². The van der Waals surface area contributed by atoms with Gasteiger partial charge in [0.15, 0.2) is 5.96 Å². The highest BCUT2D eigenvalue weighted by Crippen LogP contribution is 2.24. The van der Waals surface area contributed by atoms with Gasteiger partial charge in [-0.2, -0.15) is 0 Å². The molecule has 1 aromatic rings. The van der Waals surface area contributed by atoms with Gasteiger partial charge in [-0.1, -0.05) is 19.1 Å². The van der Waals surface area contributed by atoms with Crippen LogP contribution in [0.15, 0.2) is 29.3 Å². The highest BCUT2D eigenvalue weighted by Gasteiger charge is 2.21. The number of guanidine groups is 1. The molecule has 2 atom stereocenters. The molecule has 2 fully saturated rings. The largest absolute Gasteiger partial charge is 0.372 e. The first-order chi connectivity index (χ1) is 13.2. The van der Waals surface area contributed by atoms with Crippen LogP contribution in [0.4, 0.5) is 5.69 Å². The van der Waals surface area contributed by atoms with Crippen LogP contribution >= 0.6 is 0 Å². The average molecular weight is 372 g/mol. The zero-order chi connectivity index (χ0) is 19.1. The second-order valence-corrected chi connectivity index (χ2v) is 7.91. The summed E-state index contributed by atoms with van der Waals surface area (Å²) in [6, 6.07) is 9.78. The zero-order valence-corrected chi connectivity index (χ0v) is 17.4. The molecule has 27 heavy (non-hydrogen) atoms. The Morgan fingerprint density at radius 2 is 1.81 bits per heavy atom. The van der Waals surface area contributed by atoms with Gasteiger partial charge in [0.25, 0.3) is 0 Å². The van der Waals surface area contributed by atoms with E-state index in [1.54, 1.807) is 0 Å². The number of nitrogens with one attached hydrogen (secondary N) is 2. The minimum Gasteiger partial charge on any atom is -0.372 e. The summed E-state index contributed by atoms with van der Waals surface area (Å²) in [4.78, 5) is 9.56. The Balaban J connectivity index is 1.55. The lowest BCUT2D eigenvalue weighted by atomic mass is 10.1. The molecule has 2 saturated heterocycles. The summed E-state index contributed by atoms with van der Waals surface area (Å²) in [6.07, 6.45) is 6.48. The average Bonchev–Trinajstić information content (AvgIpc) is 3.41.